The second-order valence-electron chi connectivity index (χ2n) is 2.52. The van der Waals surface area contributed by atoms with Gasteiger partial charge in [-0.15, -0.1) is 0 Å². The summed E-state index contributed by atoms with van der Waals surface area (Å²) in [5, 5.41) is 9.10. The minimum atomic E-state index is -1.48. The first-order valence-corrected chi connectivity index (χ1v) is 3.98. The molecule has 14 heavy (non-hydrogen) atoms. The van der Waals surface area contributed by atoms with Gasteiger partial charge < -0.3 is 20.1 Å². The molecule has 5 nitrogen and oxygen atoms in total. The monoisotopic (exact) mass is 195 g/mol. The quantitative estimate of drug-likeness (QED) is 0.623. The number of rotatable bonds is 5. The second-order valence-corrected chi connectivity index (χ2v) is 2.52. The van der Waals surface area contributed by atoms with Gasteiger partial charge in [0.15, 0.2) is 0 Å². The molecule has 0 spiro atoms. The fourth-order valence-corrected chi connectivity index (χ4v) is 0.803. The average molecular weight is 195 g/mol. The zero-order valence-corrected chi connectivity index (χ0v) is 7.42. The normalized spacial score (nSPS) is 9.50. The molecule has 0 bridgehead atoms. The first kappa shape index (κ1) is 10.6. The molecule has 0 saturated carbocycles. The van der Waals surface area contributed by atoms with Crippen LogP contribution in [0.2, 0.25) is 0 Å². The number of primary amides is 1. The van der Waals surface area contributed by atoms with E-state index in [4.69, 9.17) is 15.4 Å². The van der Waals surface area contributed by atoms with Crippen molar-refractivity contribution in [2.75, 3.05) is 6.61 Å². The van der Waals surface area contributed by atoms with Crippen molar-refractivity contribution in [1.82, 2.24) is 0 Å². The van der Waals surface area contributed by atoms with E-state index in [0.717, 1.165) is 0 Å². The molecule has 0 fully saturated rings. The van der Waals surface area contributed by atoms with Gasteiger partial charge in [-0.25, -0.2) is 0 Å². The van der Waals surface area contributed by atoms with Gasteiger partial charge in [-0.3, -0.25) is 4.79 Å². The highest BCUT2D eigenvalue weighted by molar-refractivity contribution is 6.35. The van der Waals surface area contributed by atoms with Gasteiger partial charge in [0.05, 0.1) is 0 Å². The summed E-state index contributed by atoms with van der Waals surface area (Å²) >= 11 is 0. The van der Waals surface area contributed by atoms with Crippen LogP contribution < -0.4 is 10.4 Å². The van der Waals surface area contributed by atoms with E-state index < -0.39 is 13.2 Å². The zero-order valence-electron chi connectivity index (χ0n) is 7.42. The Morgan fingerprint density at radius 2 is 2.07 bits per heavy atom. The van der Waals surface area contributed by atoms with E-state index in [1.807, 2.05) is 6.07 Å². The largest absolute Gasteiger partial charge is 0.710 e. The van der Waals surface area contributed by atoms with Gasteiger partial charge in [-0.1, -0.05) is 18.2 Å². The predicted octanol–water partition coefficient (Wildman–Crippen LogP) is -0.456. The van der Waals surface area contributed by atoms with Gasteiger partial charge >= 0.3 is 7.32 Å². The molecule has 0 aliphatic rings. The number of hydrogen-bond donors (Lipinski definition) is 2. The van der Waals surface area contributed by atoms with E-state index in [1.165, 1.54) is 0 Å². The van der Waals surface area contributed by atoms with Gasteiger partial charge in [-0.05, 0) is 12.1 Å². The molecule has 0 saturated heterocycles. The molecule has 0 atom stereocenters. The van der Waals surface area contributed by atoms with Crippen molar-refractivity contribution >= 4 is 13.2 Å². The SMILES string of the molecule is NC(=O)COB(O)Oc1ccccc1. The topological polar surface area (TPSA) is 81.8 Å². The third-order valence-electron chi connectivity index (χ3n) is 1.35. The molecule has 1 aromatic carbocycles. The van der Waals surface area contributed by atoms with Crippen molar-refractivity contribution in [3.05, 3.63) is 30.3 Å². The van der Waals surface area contributed by atoms with E-state index in [0.29, 0.717) is 5.75 Å². The average Bonchev–Trinajstić information content (AvgIpc) is 2.16. The molecule has 0 unspecified atom stereocenters. The summed E-state index contributed by atoms with van der Waals surface area (Å²) in [5.74, 6) is -0.217. The first-order chi connectivity index (χ1) is 6.68. The summed E-state index contributed by atoms with van der Waals surface area (Å²) in [6.45, 7) is -0.381. The highest BCUT2D eigenvalue weighted by atomic mass is 16.7. The summed E-state index contributed by atoms with van der Waals surface area (Å²) in [4.78, 5) is 10.3. The van der Waals surface area contributed by atoms with Crippen LogP contribution in [0.1, 0.15) is 0 Å². The fraction of sp³-hybridized carbons (Fsp3) is 0.125. The first-order valence-electron chi connectivity index (χ1n) is 3.98. The third kappa shape index (κ3) is 3.93. The molecule has 1 aromatic rings. The predicted molar refractivity (Wildman–Crippen MR) is 50.2 cm³/mol. The summed E-state index contributed by atoms with van der Waals surface area (Å²) in [5.41, 5.74) is 4.80. The molecular formula is C8H10BNO4. The Morgan fingerprint density at radius 1 is 1.43 bits per heavy atom. The molecule has 3 N–H and O–H groups in total. The fourth-order valence-electron chi connectivity index (χ4n) is 0.803. The van der Waals surface area contributed by atoms with Crippen molar-refractivity contribution in [2.45, 2.75) is 0 Å². The maximum atomic E-state index is 10.3. The smallest absolute Gasteiger partial charge is 0.512 e. The Kier molecular flexibility index (Phi) is 3.96. The molecule has 1 rings (SSSR count). The van der Waals surface area contributed by atoms with Crippen LogP contribution in [0.15, 0.2) is 30.3 Å². The third-order valence-corrected chi connectivity index (χ3v) is 1.35. The number of amides is 1. The minimum Gasteiger partial charge on any atom is -0.512 e. The van der Waals surface area contributed by atoms with Crippen LogP contribution in [-0.2, 0) is 9.45 Å². The summed E-state index contributed by atoms with van der Waals surface area (Å²) in [6.07, 6.45) is 0. The number of benzene rings is 1. The van der Waals surface area contributed by atoms with E-state index in [2.05, 4.69) is 4.65 Å². The van der Waals surface area contributed by atoms with Crippen LogP contribution in [-0.4, -0.2) is 24.9 Å². The van der Waals surface area contributed by atoms with Crippen LogP contribution >= 0.6 is 0 Å². The molecule has 0 aliphatic heterocycles. The summed E-state index contributed by atoms with van der Waals surface area (Å²) < 4.78 is 9.46. The highest BCUT2D eigenvalue weighted by Crippen LogP contribution is 2.08. The van der Waals surface area contributed by atoms with Gasteiger partial charge in [-0.2, -0.15) is 0 Å². The van der Waals surface area contributed by atoms with Crippen LogP contribution in [0.25, 0.3) is 0 Å². The molecule has 0 heterocycles. The minimum absolute atomic E-state index is 0.381. The summed E-state index contributed by atoms with van der Waals surface area (Å²) in [6, 6.07) is 8.60. The number of carbonyl (C=O) groups excluding carboxylic acids is 1. The van der Waals surface area contributed by atoms with E-state index >= 15 is 0 Å². The van der Waals surface area contributed by atoms with Crippen molar-refractivity contribution < 1.29 is 19.1 Å². The second kappa shape index (κ2) is 5.26. The van der Waals surface area contributed by atoms with Crippen LogP contribution in [0, 0.1) is 0 Å². The Labute approximate surface area is 81.6 Å². The molecule has 0 aromatic heterocycles. The number of hydrogen-bond acceptors (Lipinski definition) is 4. The van der Waals surface area contributed by atoms with Crippen molar-refractivity contribution in [2.24, 2.45) is 5.73 Å². The number of carbonyl (C=O) groups is 1. The molecular weight excluding hydrogens is 185 g/mol. The Bertz CT molecular complexity index is 293. The molecule has 1 amide bonds. The van der Waals surface area contributed by atoms with E-state index in [1.54, 1.807) is 24.3 Å². The lowest BCUT2D eigenvalue weighted by Gasteiger charge is -2.07. The van der Waals surface area contributed by atoms with Gasteiger partial charge in [0.25, 0.3) is 0 Å². The Morgan fingerprint density at radius 3 is 2.64 bits per heavy atom. The van der Waals surface area contributed by atoms with E-state index in [-0.39, 0.29) is 6.61 Å². The lowest BCUT2D eigenvalue weighted by molar-refractivity contribution is -0.120. The van der Waals surface area contributed by atoms with Crippen molar-refractivity contribution in [3.8, 4) is 5.75 Å². The van der Waals surface area contributed by atoms with Crippen molar-refractivity contribution in [1.29, 1.82) is 0 Å². The maximum Gasteiger partial charge on any atom is 0.710 e. The van der Waals surface area contributed by atoms with Gasteiger partial charge in [0.2, 0.25) is 5.91 Å². The van der Waals surface area contributed by atoms with Gasteiger partial charge in [0, 0.05) is 0 Å². The molecule has 0 aliphatic carbocycles. The standard InChI is InChI=1S/C8H10BNO4/c10-8(11)6-13-9(12)14-7-4-2-1-3-5-7/h1-5,12H,6H2,(H2,10,11). The summed E-state index contributed by atoms with van der Waals surface area (Å²) in [7, 11) is -1.48. The molecule has 6 heteroatoms. The number of nitrogens with two attached hydrogens (primary N) is 1. The Hall–Kier alpha value is -1.53. The number of para-hydroxylation sites is 1. The molecule has 0 radical (unpaired) electrons. The molecule has 74 valence electrons. The maximum absolute atomic E-state index is 10.3. The Balaban J connectivity index is 2.34. The van der Waals surface area contributed by atoms with Gasteiger partial charge in [0.1, 0.15) is 12.4 Å². The van der Waals surface area contributed by atoms with Crippen LogP contribution in [0.3, 0.4) is 0 Å². The lowest BCUT2D eigenvalue weighted by Crippen LogP contribution is -2.31. The highest BCUT2D eigenvalue weighted by Gasteiger charge is 2.18. The lowest BCUT2D eigenvalue weighted by atomic mass is 10.2. The zero-order chi connectivity index (χ0) is 10.4. The van der Waals surface area contributed by atoms with E-state index in [9.17, 15) is 4.79 Å². The van der Waals surface area contributed by atoms with Crippen LogP contribution in [0.5, 0.6) is 5.75 Å². The van der Waals surface area contributed by atoms with Crippen LogP contribution in [0.4, 0.5) is 0 Å². The van der Waals surface area contributed by atoms with Crippen molar-refractivity contribution in [3.63, 3.8) is 0 Å².